The van der Waals surface area contributed by atoms with Crippen molar-refractivity contribution in [3.05, 3.63) is 23.8 Å². The average molecular weight is 266 g/mol. The first-order chi connectivity index (χ1) is 8.70. The summed E-state index contributed by atoms with van der Waals surface area (Å²) in [5, 5.41) is 14.9. The summed E-state index contributed by atoms with van der Waals surface area (Å²) in [6.07, 6.45) is 2.33. The molecule has 1 aromatic rings. The summed E-state index contributed by atoms with van der Waals surface area (Å²) in [7, 11) is 1.66. The van der Waals surface area contributed by atoms with Gasteiger partial charge in [0.15, 0.2) is 0 Å². The number of carboxylic acid groups (broad SMARTS) is 1. The fraction of sp³-hybridized carbons (Fsp3) is 0.462. The third-order valence-corrected chi connectivity index (χ3v) is 4.27. The Morgan fingerprint density at radius 3 is 3.11 bits per heavy atom. The van der Waals surface area contributed by atoms with Crippen molar-refractivity contribution in [1.29, 1.82) is 0 Å². The summed E-state index contributed by atoms with van der Waals surface area (Å²) < 4.78 is 0. The highest BCUT2D eigenvalue weighted by Gasteiger charge is 2.15. The lowest BCUT2D eigenvalue weighted by Crippen LogP contribution is -2.39. The van der Waals surface area contributed by atoms with E-state index in [-0.39, 0.29) is 0 Å². The number of aliphatic carboxylic acids is 1. The Hall–Kier alpha value is -1.20. The summed E-state index contributed by atoms with van der Waals surface area (Å²) >= 11 is 1.90. The van der Waals surface area contributed by atoms with Crippen LogP contribution in [0.3, 0.4) is 0 Å². The van der Waals surface area contributed by atoms with E-state index in [9.17, 15) is 4.79 Å². The van der Waals surface area contributed by atoms with Crippen LogP contribution in [0.1, 0.15) is 12.0 Å². The second-order valence-electron chi connectivity index (χ2n) is 4.33. The monoisotopic (exact) mass is 266 g/mol. The van der Waals surface area contributed by atoms with Gasteiger partial charge in [0.2, 0.25) is 0 Å². The first kappa shape index (κ1) is 13.2. The second kappa shape index (κ2) is 6.11. The highest BCUT2D eigenvalue weighted by Crippen LogP contribution is 2.31. The number of rotatable bonds is 5. The van der Waals surface area contributed by atoms with Crippen molar-refractivity contribution in [2.45, 2.75) is 23.8 Å². The molecule has 0 spiro atoms. The minimum Gasteiger partial charge on any atom is -0.480 e. The summed E-state index contributed by atoms with van der Waals surface area (Å²) in [6.45, 7) is 0.387. The molecule has 1 aliphatic heterocycles. The molecule has 0 saturated heterocycles. The van der Waals surface area contributed by atoms with Gasteiger partial charge in [0, 0.05) is 17.1 Å². The molecule has 1 aromatic carbocycles. The molecule has 1 unspecified atom stereocenters. The van der Waals surface area contributed by atoms with Crippen LogP contribution in [0.2, 0.25) is 0 Å². The molecule has 3 N–H and O–H groups in total. The fourth-order valence-corrected chi connectivity index (χ4v) is 3.02. The molecule has 0 aliphatic carbocycles. The van der Waals surface area contributed by atoms with Gasteiger partial charge in [0.1, 0.15) is 6.04 Å². The van der Waals surface area contributed by atoms with Gasteiger partial charge in [0.05, 0.1) is 0 Å². The lowest BCUT2D eigenvalue weighted by molar-refractivity contribution is -0.138. The van der Waals surface area contributed by atoms with Crippen LogP contribution in [0.5, 0.6) is 0 Å². The highest BCUT2D eigenvalue weighted by molar-refractivity contribution is 7.99. The van der Waals surface area contributed by atoms with Crippen LogP contribution in [0, 0.1) is 0 Å². The predicted molar refractivity (Wildman–Crippen MR) is 74.5 cm³/mol. The van der Waals surface area contributed by atoms with Gasteiger partial charge in [-0.25, -0.2) is 0 Å². The second-order valence-corrected chi connectivity index (χ2v) is 5.47. The Morgan fingerprint density at radius 1 is 1.56 bits per heavy atom. The van der Waals surface area contributed by atoms with Crippen LogP contribution in [0.4, 0.5) is 5.69 Å². The molecule has 4 nitrogen and oxygen atoms in total. The van der Waals surface area contributed by atoms with Gasteiger partial charge < -0.3 is 15.7 Å². The van der Waals surface area contributed by atoms with Gasteiger partial charge in [-0.1, -0.05) is 0 Å². The zero-order chi connectivity index (χ0) is 13.0. The summed E-state index contributed by atoms with van der Waals surface area (Å²) in [5.41, 5.74) is 2.37. The van der Waals surface area contributed by atoms with E-state index in [1.165, 1.54) is 22.6 Å². The number of aryl methyl sites for hydroxylation is 1. The van der Waals surface area contributed by atoms with Crippen LogP contribution in [0.25, 0.3) is 0 Å². The average Bonchev–Trinajstić information content (AvgIpc) is 2.39. The van der Waals surface area contributed by atoms with E-state index in [2.05, 4.69) is 22.8 Å². The standard InChI is InChI=1S/C13H18N2O2S/c1-14-11(13(16)17)8-15-10-4-5-12-9(7-10)3-2-6-18-12/h4-5,7,11,14-15H,2-3,6,8H2,1H3,(H,16,17). The van der Waals surface area contributed by atoms with Crippen LogP contribution < -0.4 is 10.6 Å². The first-order valence-corrected chi connectivity index (χ1v) is 7.09. The lowest BCUT2D eigenvalue weighted by atomic mass is 10.1. The van der Waals surface area contributed by atoms with Crippen molar-refractivity contribution in [1.82, 2.24) is 5.32 Å². The van der Waals surface area contributed by atoms with Crippen molar-refractivity contribution < 1.29 is 9.90 Å². The van der Waals surface area contributed by atoms with Crippen LogP contribution in [0.15, 0.2) is 23.1 Å². The summed E-state index contributed by atoms with van der Waals surface area (Å²) in [4.78, 5) is 12.2. The van der Waals surface area contributed by atoms with Gasteiger partial charge in [-0.2, -0.15) is 0 Å². The van der Waals surface area contributed by atoms with E-state index in [1.54, 1.807) is 7.05 Å². The number of hydrogen-bond acceptors (Lipinski definition) is 4. The van der Waals surface area contributed by atoms with Gasteiger partial charge in [0.25, 0.3) is 0 Å². The van der Waals surface area contributed by atoms with Crippen LogP contribution in [-0.4, -0.2) is 36.5 Å². The molecule has 1 atom stereocenters. The van der Waals surface area contributed by atoms with Crippen LogP contribution >= 0.6 is 11.8 Å². The Bertz CT molecular complexity index is 437. The predicted octanol–water partition coefficient (Wildman–Crippen LogP) is 1.81. The molecule has 0 radical (unpaired) electrons. The van der Waals surface area contributed by atoms with E-state index in [1.807, 2.05) is 17.8 Å². The van der Waals surface area contributed by atoms with E-state index in [4.69, 9.17) is 5.11 Å². The van der Waals surface area contributed by atoms with Crippen LogP contribution in [-0.2, 0) is 11.2 Å². The topological polar surface area (TPSA) is 61.4 Å². The summed E-state index contributed by atoms with van der Waals surface area (Å²) in [6, 6.07) is 5.72. The molecular weight excluding hydrogens is 248 g/mol. The first-order valence-electron chi connectivity index (χ1n) is 6.10. The zero-order valence-corrected chi connectivity index (χ0v) is 11.2. The largest absolute Gasteiger partial charge is 0.480 e. The number of hydrogen-bond donors (Lipinski definition) is 3. The Balaban J connectivity index is 1.99. The Kier molecular flexibility index (Phi) is 4.49. The van der Waals surface area contributed by atoms with Gasteiger partial charge in [-0.05, 0) is 49.4 Å². The number of nitrogens with one attached hydrogen (secondary N) is 2. The minimum absolute atomic E-state index is 0.387. The third kappa shape index (κ3) is 3.17. The number of carbonyl (C=O) groups is 1. The molecule has 0 fully saturated rings. The lowest BCUT2D eigenvalue weighted by Gasteiger charge is -2.18. The molecule has 0 saturated carbocycles. The maximum absolute atomic E-state index is 10.9. The van der Waals surface area contributed by atoms with Crippen molar-refractivity contribution in [2.24, 2.45) is 0 Å². The molecule has 2 rings (SSSR count). The Morgan fingerprint density at radius 2 is 2.39 bits per heavy atom. The molecule has 98 valence electrons. The zero-order valence-electron chi connectivity index (χ0n) is 10.4. The molecule has 0 amide bonds. The number of fused-ring (bicyclic) bond motifs is 1. The SMILES string of the molecule is CNC(CNc1ccc2c(c1)CCCS2)C(=O)O. The molecular formula is C13H18N2O2S. The van der Waals surface area contributed by atoms with Crippen molar-refractivity contribution in [2.75, 3.05) is 24.7 Å². The number of benzene rings is 1. The maximum Gasteiger partial charge on any atom is 0.322 e. The highest BCUT2D eigenvalue weighted by atomic mass is 32.2. The number of carboxylic acids is 1. The van der Waals surface area contributed by atoms with Crippen molar-refractivity contribution in [3.8, 4) is 0 Å². The number of anilines is 1. The normalized spacial score (nSPS) is 15.8. The molecule has 0 bridgehead atoms. The maximum atomic E-state index is 10.9. The number of likely N-dealkylation sites (N-methyl/N-ethyl adjacent to an activating group) is 1. The van der Waals surface area contributed by atoms with Gasteiger partial charge in [-0.15, -0.1) is 11.8 Å². The summed E-state index contributed by atoms with van der Waals surface area (Å²) in [5.74, 6) is 0.360. The van der Waals surface area contributed by atoms with E-state index < -0.39 is 12.0 Å². The third-order valence-electron chi connectivity index (χ3n) is 3.07. The number of thioether (sulfide) groups is 1. The molecule has 18 heavy (non-hydrogen) atoms. The molecule has 1 aliphatic rings. The molecule has 0 aromatic heterocycles. The smallest absolute Gasteiger partial charge is 0.322 e. The minimum atomic E-state index is -0.835. The molecule has 1 heterocycles. The van der Waals surface area contributed by atoms with E-state index in [0.717, 1.165) is 12.1 Å². The fourth-order valence-electron chi connectivity index (χ4n) is 2.00. The molecule has 5 heteroatoms. The van der Waals surface area contributed by atoms with E-state index in [0.29, 0.717) is 6.54 Å². The Labute approximate surface area is 111 Å². The van der Waals surface area contributed by atoms with E-state index >= 15 is 0 Å². The van der Waals surface area contributed by atoms with Crippen molar-refractivity contribution >= 4 is 23.4 Å². The van der Waals surface area contributed by atoms with Gasteiger partial charge >= 0.3 is 5.97 Å². The van der Waals surface area contributed by atoms with Gasteiger partial charge in [-0.3, -0.25) is 4.79 Å². The quantitative estimate of drug-likeness (QED) is 0.758. The van der Waals surface area contributed by atoms with Crippen molar-refractivity contribution in [3.63, 3.8) is 0 Å².